The molecular formula is C30H48O3. The second-order valence-electron chi connectivity index (χ2n) is 14.5. The van der Waals surface area contributed by atoms with E-state index in [-0.39, 0.29) is 39.5 Å². The van der Waals surface area contributed by atoms with E-state index in [1.54, 1.807) is 5.57 Å². The summed E-state index contributed by atoms with van der Waals surface area (Å²) in [4.78, 5) is 12.8. The fourth-order valence-electron chi connectivity index (χ4n) is 9.97. The van der Waals surface area contributed by atoms with Crippen LogP contribution in [0.5, 0.6) is 0 Å². The molecule has 0 aromatic rings. The Morgan fingerprint density at radius 2 is 1.73 bits per heavy atom. The molecule has 1 N–H and O–H groups in total. The van der Waals surface area contributed by atoms with Crippen LogP contribution in [0.25, 0.3) is 0 Å². The van der Waals surface area contributed by atoms with E-state index in [1.807, 2.05) is 0 Å². The molecule has 0 radical (unpaired) electrons. The highest BCUT2D eigenvalue weighted by Crippen LogP contribution is 2.73. The minimum atomic E-state index is -0.350. The fraction of sp³-hybridized carbons (Fsp3) is 0.900. The standard InChI is InChI=1S/C30H48O3/c1-18(17-22(31)25-27(4,5)33-25)19-11-15-30(8)21-9-10-23-26(2,3)24(32)13-14-28(23,6)20(21)12-16-29(19,30)7/h9,18-20,22-23,25,31H,10-17H2,1-8H3/t18-,19-,20-,22+,23-,25-,28+,29-,30+/m1/s1. The van der Waals surface area contributed by atoms with Gasteiger partial charge < -0.3 is 9.84 Å². The van der Waals surface area contributed by atoms with Crippen LogP contribution in [0.15, 0.2) is 11.6 Å². The number of hydrogen-bond donors (Lipinski definition) is 1. The van der Waals surface area contributed by atoms with Crippen LogP contribution < -0.4 is 0 Å². The molecule has 4 aliphatic carbocycles. The van der Waals surface area contributed by atoms with Gasteiger partial charge in [-0.3, -0.25) is 4.79 Å². The van der Waals surface area contributed by atoms with Gasteiger partial charge in [0, 0.05) is 11.8 Å². The van der Waals surface area contributed by atoms with Crippen molar-refractivity contribution in [2.24, 2.45) is 45.3 Å². The van der Waals surface area contributed by atoms with Crippen LogP contribution in [0.4, 0.5) is 0 Å². The van der Waals surface area contributed by atoms with Crippen molar-refractivity contribution >= 4 is 5.78 Å². The van der Waals surface area contributed by atoms with Crippen molar-refractivity contribution in [3.63, 3.8) is 0 Å². The van der Waals surface area contributed by atoms with Crippen LogP contribution in [-0.4, -0.2) is 28.7 Å². The normalized spacial score (nSPS) is 49.4. The number of aliphatic hydroxyl groups excluding tert-OH is 1. The summed E-state index contributed by atoms with van der Waals surface area (Å²) in [5.74, 6) is 2.73. The Kier molecular flexibility index (Phi) is 5.24. The third kappa shape index (κ3) is 3.16. The summed E-state index contributed by atoms with van der Waals surface area (Å²) in [6.07, 6.45) is 11.1. The lowest BCUT2D eigenvalue weighted by atomic mass is 9.41. The van der Waals surface area contributed by atoms with Crippen molar-refractivity contribution in [2.45, 2.75) is 125 Å². The second-order valence-corrected chi connectivity index (χ2v) is 14.5. The van der Waals surface area contributed by atoms with E-state index in [9.17, 15) is 9.90 Å². The highest BCUT2D eigenvalue weighted by atomic mass is 16.6. The molecule has 0 aromatic heterocycles. The number of allylic oxidation sites excluding steroid dienone is 2. The van der Waals surface area contributed by atoms with E-state index >= 15 is 0 Å². The molecule has 5 rings (SSSR count). The highest BCUT2D eigenvalue weighted by Gasteiger charge is 2.65. The van der Waals surface area contributed by atoms with E-state index in [0.29, 0.717) is 29.5 Å². The third-order valence-electron chi connectivity index (χ3n) is 12.4. The third-order valence-corrected chi connectivity index (χ3v) is 12.4. The molecular weight excluding hydrogens is 408 g/mol. The van der Waals surface area contributed by atoms with Gasteiger partial charge in [-0.25, -0.2) is 0 Å². The van der Waals surface area contributed by atoms with Gasteiger partial charge >= 0.3 is 0 Å². The first kappa shape index (κ1) is 24.0. The maximum absolute atomic E-state index is 12.8. The second kappa shape index (κ2) is 7.19. The Bertz CT molecular complexity index is 870. The number of ketones is 1. The first-order valence-corrected chi connectivity index (χ1v) is 13.8. The zero-order valence-corrected chi connectivity index (χ0v) is 22.5. The topological polar surface area (TPSA) is 49.8 Å². The van der Waals surface area contributed by atoms with Gasteiger partial charge in [0.2, 0.25) is 0 Å². The van der Waals surface area contributed by atoms with Crippen LogP contribution in [0, 0.1) is 45.3 Å². The number of aliphatic hydroxyl groups is 1. The van der Waals surface area contributed by atoms with Gasteiger partial charge in [-0.1, -0.05) is 53.2 Å². The Morgan fingerprint density at radius 3 is 2.36 bits per heavy atom. The molecule has 1 heterocycles. The van der Waals surface area contributed by atoms with Gasteiger partial charge in [0.05, 0.1) is 11.7 Å². The van der Waals surface area contributed by atoms with Crippen molar-refractivity contribution < 1.29 is 14.6 Å². The van der Waals surface area contributed by atoms with Gasteiger partial charge in [0.15, 0.2) is 0 Å². The van der Waals surface area contributed by atoms with Gasteiger partial charge in [-0.05, 0) is 98.7 Å². The summed E-state index contributed by atoms with van der Waals surface area (Å²) >= 11 is 0. The lowest BCUT2D eigenvalue weighted by molar-refractivity contribution is -0.146. The van der Waals surface area contributed by atoms with Gasteiger partial charge in [-0.15, -0.1) is 0 Å². The number of epoxide rings is 1. The molecule has 0 aromatic carbocycles. The first-order valence-electron chi connectivity index (χ1n) is 13.8. The van der Waals surface area contributed by atoms with Crippen molar-refractivity contribution in [2.75, 3.05) is 0 Å². The average molecular weight is 457 g/mol. The highest BCUT2D eigenvalue weighted by molar-refractivity contribution is 5.85. The molecule has 9 atom stereocenters. The monoisotopic (exact) mass is 456 g/mol. The van der Waals surface area contributed by atoms with Crippen molar-refractivity contribution in [1.29, 1.82) is 0 Å². The molecule has 5 aliphatic rings. The molecule has 186 valence electrons. The van der Waals surface area contributed by atoms with Gasteiger partial charge in [-0.2, -0.15) is 0 Å². The molecule has 33 heavy (non-hydrogen) atoms. The number of carbonyl (C=O) groups excluding carboxylic acids is 1. The molecule has 1 saturated heterocycles. The van der Waals surface area contributed by atoms with Gasteiger partial charge in [0.1, 0.15) is 11.9 Å². The SMILES string of the molecule is C[C@H](C[C@H](O)[C@H]1OC1(C)C)[C@H]1CC[C@@]2(C)C3=CC[C@@H]4C(C)(C)C(=O)CC[C@@]4(C)[C@@H]3CC[C@]12C. The Hall–Kier alpha value is -0.670. The Balaban J connectivity index is 1.41. The zero-order valence-electron chi connectivity index (χ0n) is 22.5. The molecule has 0 unspecified atom stereocenters. The lowest BCUT2D eigenvalue weighted by Gasteiger charge is -2.63. The zero-order chi connectivity index (χ0) is 24.2. The number of ether oxygens (including phenoxy) is 1. The lowest BCUT2D eigenvalue weighted by Crippen LogP contribution is -2.57. The predicted molar refractivity (Wildman–Crippen MR) is 133 cm³/mol. The summed E-state index contributed by atoms with van der Waals surface area (Å²) in [5.41, 5.74) is 2.17. The van der Waals surface area contributed by atoms with Gasteiger partial charge in [0.25, 0.3) is 0 Å². The molecule has 4 fully saturated rings. The van der Waals surface area contributed by atoms with Crippen molar-refractivity contribution in [1.82, 2.24) is 0 Å². The van der Waals surface area contributed by atoms with Crippen molar-refractivity contribution in [3.8, 4) is 0 Å². The Morgan fingerprint density at radius 1 is 1.06 bits per heavy atom. The number of fused-ring (bicyclic) bond motifs is 5. The quantitative estimate of drug-likeness (QED) is 0.377. The summed E-state index contributed by atoms with van der Waals surface area (Å²) in [6.45, 7) is 18.7. The number of Topliss-reactive ketones (excluding diaryl/α,β-unsaturated/α-hetero) is 1. The molecule has 0 amide bonds. The summed E-state index contributed by atoms with van der Waals surface area (Å²) < 4.78 is 5.75. The van der Waals surface area contributed by atoms with Crippen LogP contribution in [0.3, 0.4) is 0 Å². The molecule has 3 saturated carbocycles. The summed E-state index contributed by atoms with van der Waals surface area (Å²) in [5, 5.41) is 10.9. The minimum Gasteiger partial charge on any atom is -0.390 e. The number of carbonyl (C=O) groups is 1. The van der Waals surface area contributed by atoms with Crippen molar-refractivity contribution in [3.05, 3.63) is 11.6 Å². The number of rotatable bonds is 4. The molecule has 3 heteroatoms. The predicted octanol–water partition coefficient (Wildman–Crippen LogP) is 6.73. The molecule has 1 aliphatic heterocycles. The molecule has 0 bridgehead atoms. The maximum atomic E-state index is 12.8. The van der Waals surface area contributed by atoms with E-state index in [2.05, 4.69) is 61.5 Å². The van der Waals surface area contributed by atoms with E-state index < -0.39 is 0 Å². The molecule has 0 spiro atoms. The largest absolute Gasteiger partial charge is 0.390 e. The number of hydrogen-bond acceptors (Lipinski definition) is 3. The summed E-state index contributed by atoms with van der Waals surface area (Å²) in [7, 11) is 0. The van der Waals surface area contributed by atoms with E-state index in [0.717, 1.165) is 25.7 Å². The van der Waals surface area contributed by atoms with Crippen LogP contribution in [0.2, 0.25) is 0 Å². The fourth-order valence-corrected chi connectivity index (χ4v) is 9.97. The minimum absolute atomic E-state index is 0.00609. The van der Waals surface area contributed by atoms with Crippen LogP contribution in [-0.2, 0) is 9.53 Å². The maximum Gasteiger partial charge on any atom is 0.138 e. The smallest absolute Gasteiger partial charge is 0.138 e. The first-order chi connectivity index (χ1) is 15.2. The molecule has 3 nitrogen and oxygen atoms in total. The summed E-state index contributed by atoms with van der Waals surface area (Å²) in [6, 6.07) is 0. The van der Waals surface area contributed by atoms with E-state index in [4.69, 9.17) is 4.74 Å². The van der Waals surface area contributed by atoms with E-state index in [1.165, 1.54) is 25.7 Å². The van der Waals surface area contributed by atoms with Crippen LogP contribution in [0.1, 0.15) is 107 Å². The average Bonchev–Trinajstić information content (AvgIpc) is 3.26. The Labute approximate surface area is 202 Å². The van der Waals surface area contributed by atoms with Crippen LogP contribution >= 0.6 is 0 Å².